The minimum absolute atomic E-state index is 0.318. The van der Waals surface area contributed by atoms with E-state index in [4.69, 9.17) is 4.74 Å². The number of carbonyl (C=O) groups excluding carboxylic acids is 1. The van der Waals surface area contributed by atoms with Crippen LogP contribution in [0.2, 0.25) is 19.6 Å². The van der Waals surface area contributed by atoms with Crippen molar-refractivity contribution >= 4 is 40.7 Å². The number of esters is 1. The van der Waals surface area contributed by atoms with Crippen molar-refractivity contribution in [3.8, 4) is 6.07 Å². The Morgan fingerprint density at radius 2 is 2.05 bits per heavy atom. The van der Waals surface area contributed by atoms with Crippen LogP contribution in [-0.2, 0) is 4.74 Å². The second-order valence-electron chi connectivity index (χ2n) is 5.37. The molecule has 0 bridgehead atoms. The molecule has 0 unspecified atom stereocenters. The van der Waals surface area contributed by atoms with Gasteiger partial charge >= 0.3 is 5.97 Å². The van der Waals surface area contributed by atoms with E-state index in [0.717, 1.165) is 20.8 Å². The van der Waals surface area contributed by atoms with Crippen LogP contribution < -0.4 is 5.19 Å². The van der Waals surface area contributed by atoms with Gasteiger partial charge in [-0.05, 0) is 22.7 Å². The molecule has 0 N–H and O–H groups in total. The Morgan fingerprint density at radius 1 is 1.37 bits per heavy atom. The minimum Gasteiger partial charge on any atom is -0.465 e. The van der Waals surface area contributed by atoms with E-state index in [1.165, 1.54) is 18.4 Å². The third-order valence-corrected chi connectivity index (χ3v) is 6.29. The van der Waals surface area contributed by atoms with E-state index < -0.39 is 8.07 Å². The van der Waals surface area contributed by atoms with Gasteiger partial charge in [0.1, 0.15) is 4.88 Å². The summed E-state index contributed by atoms with van der Waals surface area (Å²) in [6.07, 6.45) is 0. The SMILES string of the molecule is COC(=O)c1cc2ccc(C#N)c([Si](C)(C)C)c2s1. The van der Waals surface area contributed by atoms with Crippen LogP contribution in [0.15, 0.2) is 18.2 Å². The van der Waals surface area contributed by atoms with Gasteiger partial charge in [0, 0.05) is 4.70 Å². The van der Waals surface area contributed by atoms with Gasteiger partial charge in [0.25, 0.3) is 0 Å². The normalized spacial score (nSPS) is 11.3. The molecule has 5 heteroatoms. The quantitative estimate of drug-likeness (QED) is 0.630. The molecule has 19 heavy (non-hydrogen) atoms. The van der Waals surface area contributed by atoms with Crippen molar-refractivity contribution in [3.63, 3.8) is 0 Å². The smallest absolute Gasteiger partial charge is 0.348 e. The van der Waals surface area contributed by atoms with Gasteiger partial charge in [0.2, 0.25) is 0 Å². The highest BCUT2D eigenvalue weighted by molar-refractivity contribution is 7.23. The first kappa shape index (κ1) is 13.8. The topological polar surface area (TPSA) is 50.1 Å². The fourth-order valence-corrected chi connectivity index (χ4v) is 6.02. The Morgan fingerprint density at radius 3 is 2.58 bits per heavy atom. The minimum atomic E-state index is -1.66. The standard InChI is InChI=1S/C14H15NO2SSi/c1-17-14(16)11-7-9-5-6-10(8-15)13(12(9)18-11)19(2,3)4/h5-7H,1-4H3. The molecule has 0 fully saturated rings. The summed E-state index contributed by atoms with van der Waals surface area (Å²) in [5.74, 6) is -0.318. The molecule has 1 aromatic heterocycles. The van der Waals surface area contributed by atoms with Crippen molar-refractivity contribution in [1.29, 1.82) is 5.26 Å². The second-order valence-corrected chi connectivity index (χ2v) is 11.4. The monoisotopic (exact) mass is 289 g/mol. The maximum Gasteiger partial charge on any atom is 0.348 e. The lowest BCUT2D eigenvalue weighted by molar-refractivity contribution is 0.0606. The number of rotatable bonds is 2. The number of benzene rings is 1. The van der Waals surface area contributed by atoms with E-state index in [-0.39, 0.29) is 5.97 Å². The first-order valence-electron chi connectivity index (χ1n) is 5.94. The number of nitrogens with zero attached hydrogens (tertiary/aromatic N) is 1. The van der Waals surface area contributed by atoms with Crippen LogP contribution in [0.25, 0.3) is 10.1 Å². The number of hydrogen-bond acceptors (Lipinski definition) is 4. The van der Waals surface area contributed by atoms with Crippen molar-refractivity contribution in [2.45, 2.75) is 19.6 Å². The summed E-state index contributed by atoms with van der Waals surface area (Å²) in [5.41, 5.74) is 0.727. The largest absolute Gasteiger partial charge is 0.465 e. The Labute approximate surface area is 117 Å². The van der Waals surface area contributed by atoms with Gasteiger partial charge in [-0.2, -0.15) is 5.26 Å². The molecule has 2 rings (SSSR count). The molecule has 2 aromatic rings. The van der Waals surface area contributed by atoms with Crippen molar-refractivity contribution in [2.24, 2.45) is 0 Å². The summed E-state index contributed by atoms with van der Waals surface area (Å²) in [7, 11) is -0.277. The average molecular weight is 289 g/mol. The van der Waals surface area contributed by atoms with Gasteiger partial charge in [0.05, 0.1) is 26.8 Å². The zero-order valence-electron chi connectivity index (χ0n) is 11.4. The lowest BCUT2D eigenvalue weighted by atomic mass is 10.2. The first-order chi connectivity index (χ1) is 8.88. The third kappa shape index (κ3) is 2.42. The molecule has 0 aliphatic carbocycles. The van der Waals surface area contributed by atoms with E-state index >= 15 is 0 Å². The number of ether oxygens (including phenoxy) is 1. The average Bonchev–Trinajstić information content (AvgIpc) is 2.78. The van der Waals surface area contributed by atoms with E-state index in [9.17, 15) is 10.1 Å². The predicted octanol–water partition coefficient (Wildman–Crippen LogP) is 3.10. The Bertz CT molecular complexity index is 692. The molecule has 0 saturated carbocycles. The van der Waals surface area contributed by atoms with Crippen molar-refractivity contribution < 1.29 is 9.53 Å². The van der Waals surface area contributed by atoms with Crippen LogP contribution in [-0.4, -0.2) is 21.2 Å². The second kappa shape index (κ2) is 4.80. The maximum absolute atomic E-state index is 11.6. The van der Waals surface area contributed by atoms with Crippen LogP contribution in [0.1, 0.15) is 15.2 Å². The number of hydrogen-bond donors (Lipinski definition) is 0. The van der Waals surface area contributed by atoms with Gasteiger partial charge in [-0.3, -0.25) is 0 Å². The van der Waals surface area contributed by atoms with Gasteiger partial charge in [-0.15, -0.1) is 11.3 Å². The van der Waals surface area contributed by atoms with Crippen LogP contribution in [0.4, 0.5) is 0 Å². The Hall–Kier alpha value is -1.64. The highest BCUT2D eigenvalue weighted by atomic mass is 32.1. The molecule has 0 amide bonds. The summed E-state index contributed by atoms with van der Waals surface area (Å²) in [6, 6.07) is 7.87. The molecule has 0 aliphatic rings. The molecular weight excluding hydrogens is 274 g/mol. The summed E-state index contributed by atoms with van der Waals surface area (Å²) in [6.45, 7) is 6.63. The molecule has 0 radical (unpaired) electrons. The van der Waals surface area contributed by atoms with Crippen molar-refractivity contribution in [3.05, 3.63) is 28.6 Å². The molecule has 1 aromatic carbocycles. The fourth-order valence-electron chi connectivity index (χ4n) is 2.14. The molecule has 98 valence electrons. The molecule has 3 nitrogen and oxygen atoms in total. The zero-order chi connectivity index (χ0) is 14.2. The number of thiophene rings is 1. The van der Waals surface area contributed by atoms with Gasteiger partial charge in [-0.25, -0.2) is 4.79 Å². The summed E-state index contributed by atoms with van der Waals surface area (Å²) < 4.78 is 5.82. The van der Waals surface area contributed by atoms with Gasteiger partial charge in [0.15, 0.2) is 0 Å². The zero-order valence-corrected chi connectivity index (χ0v) is 13.2. The van der Waals surface area contributed by atoms with Crippen LogP contribution >= 0.6 is 11.3 Å². The fraction of sp³-hybridized carbons (Fsp3) is 0.286. The molecule has 0 aliphatic heterocycles. The van der Waals surface area contributed by atoms with Gasteiger partial charge in [-0.1, -0.05) is 25.7 Å². The molecule has 0 atom stereocenters. The van der Waals surface area contributed by atoms with E-state index in [0.29, 0.717) is 4.88 Å². The van der Waals surface area contributed by atoms with E-state index in [1.807, 2.05) is 18.2 Å². The van der Waals surface area contributed by atoms with Crippen LogP contribution in [0.3, 0.4) is 0 Å². The molecule has 0 saturated heterocycles. The first-order valence-corrected chi connectivity index (χ1v) is 10.3. The van der Waals surface area contributed by atoms with Crippen molar-refractivity contribution in [1.82, 2.24) is 0 Å². The summed E-state index contributed by atoms with van der Waals surface area (Å²) in [5, 5.41) is 11.4. The van der Waals surface area contributed by atoms with Crippen LogP contribution in [0, 0.1) is 11.3 Å². The molecule has 0 spiro atoms. The lowest BCUT2D eigenvalue weighted by Gasteiger charge is -2.19. The van der Waals surface area contributed by atoms with Gasteiger partial charge < -0.3 is 4.74 Å². The van der Waals surface area contributed by atoms with E-state index in [2.05, 4.69) is 25.7 Å². The number of methoxy groups -OCH3 is 1. The van der Waals surface area contributed by atoms with Crippen LogP contribution in [0.5, 0.6) is 0 Å². The maximum atomic E-state index is 11.6. The predicted molar refractivity (Wildman–Crippen MR) is 80.9 cm³/mol. The third-order valence-electron chi connectivity index (χ3n) is 2.94. The number of nitriles is 1. The highest BCUT2D eigenvalue weighted by Crippen LogP contribution is 2.28. The molecular formula is C14H15NO2SSi. The van der Waals surface area contributed by atoms with Crippen molar-refractivity contribution in [2.75, 3.05) is 7.11 Å². The molecule has 1 heterocycles. The Kier molecular flexibility index (Phi) is 3.48. The highest BCUT2D eigenvalue weighted by Gasteiger charge is 2.25. The van der Waals surface area contributed by atoms with E-state index in [1.54, 1.807) is 0 Å². The summed E-state index contributed by atoms with van der Waals surface area (Å²) >= 11 is 1.42. The number of carbonyl (C=O) groups is 1. The Balaban J connectivity index is 2.79. The summed E-state index contributed by atoms with van der Waals surface area (Å²) in [4.78, 5) is 12.2. The number of fused-ring (bicyclic) bond motifs is 1. The lowest BCUT2D eigenvalue weighted by Crippen LogP contribution is -2.39.